The second kappa shape index (κ2) is 3.88. The van der Waals surface area contributed by atoms with Crippen LogP contribution in [0.5, 0.6) is 0 Å². The smallest absolute Gasteiger partial charge is 0.349 e. The van der Waals surface area contributed by atoms with Crippen LogP contribution in [0, 0.1) is 0 Å². The zero-order valence-electron chi connectivity index (χ0n) is 7.12. The Bertz CT molecular complexity index is 400. The fourth-order valence-electron chi connectivity index (χ4n) is 0.845. The molecule has 0 aliphatic rings. The van der Waals surface area contributed by atoms with Gasteiger partial charge in [-0.25, -0.2) is 9.59 Å². The highest BCUT2D eigenvalue weighted by Gasteiger charge is 2.14. The monoisotopic (exact) mass is 199 g/mol. The number of aromatic nitrogens is 2. The highest BCUT2D eigenvalue weighted by molar-refractivity contribution is 5.71. The van der Waals surface area contributed by atoms with Crippen LogP contribution in [0.4, 0.5) is 5.82 Å². The molecule has 0 radical (unpaired) electrons. The van der Waals surface area contributed by atoms with E-state index >= 15 is 0 Å². The van der Waals surface area contributed by atoms with Crippen molar-refractivity contribution in [2.75, 3.05) is 5.73 Å². The van der Waals surface area contributed by atoms with E-state index < -0.39 is 17.8 Å². The summed E-state index contributed by atoms with van der Waals surface area (Å²) in [5, 5.41) is 17.3. The van der Waals surface area contributed by atoms with Crippen molar-refractivity contribution >= 4 is 11.8 Å². The molecule has 1 unspecified atom stereocenters. The van der Waals surface area contributed by atoms with Gasteiger partial charge in [-0.3, -0.25) is 4.57 Å². The molecule has 0 spiro atoms. The maximum Gasteiger partial charge on any atom is 0.349 e. The van der Waals surface area contributed by atoms with Gasteiger partial charge in [0, 0.05) is 6.20 Å². The number of nitrogens with zero attached hydrogens (tertiary/aromatic N) is 2. The molecule has 0 saturated heterocycles. The molecule has 1 aromatic heterocycles. The number of anilines is 1. The van der Waals surface area contributed by atoms with Crippen LogP contribution >= 0.6 is 0 Å². The molecule has 0 amide bonds. The molecule has 7 nitrogen and oxygen atoms in total. The SMILES string of the molecule is Nc1ccn(CC(O)C(=O)O)c(=O)n1. The van der Waals surface area contributed by atoms with Gasteiger partial charge in [0.25, 0.3) is 0 Å². The van der Waals surface area contributed by atoms with Crippen molar-refractivity contribution in [1.82, 2.24) is 9.55 Å². The van der Waals surface area contributed by atoms with Gasteiger partial charge < -0.3 is 15.9 Å². The summed E-state index contributed by atoms with van der Waals surface area (Å²) < 4.78 is 0.967. The Hall–Kier alpha value is -1.89. The van der Waals surface area contributed by atoms with Crippen LogP contribution in [0.3, 0.4) is 0 Å². The maximum atomic E-state index is 11.1. The predicted molar refractivity (Wildman–Crippen MR) is 46.6 cm³/mol. The van der Waals surface area contributed by atoms with Gasteiger partial charge in [0.05, 0.1) is 6.54 Å². The molecule has 4 N–H and O–H groups in total. The van der Waals surface area contributed by atoms with E-state index in [1.165, 1.54) is 12.3 Å². The minimum Gasteiger partial charge on any atom is -0.479 e. The first kappa shape index (κ1) is 10.2. The summed E-state index contributed by atoms with van der Waals surface area (Å²) in [5.74, 6) is -1.34. The normalized spacial score (nSPS) is 12.4. The summed E-state index contributed by atoms with van der Waals surface area (Å²) in [6.07, 6.45) is -0.352. The zero-order chi connectivity index (χ0) is 10.7. The van der Waals surface area contributed by atoms with Gasteiger partial charge in [-0.05, 0) is 6.07 Å². The van der Waals surface area contributed by atoms with Crippen LogP contribution < -0.4 is 11.4 Å². The molecule has 0 saturated carbocycles. The van der Waals surface area contributed by atoms with Crippen LogP contribution in [0.1, 0.15) is 0 Å². The Kier molecular flexibility index (Phi) is 2.82. The van der Waals surface area contributed by atoms with Crippen LogP contribution in [-0.4, -0.2) is 31.8 Å². The van der Waals surface area contributed by atoms with Gasteiger partial charge in [0.15, 0.2) is 6.10 Å². The summed E-state index contributed by atoms with van der Waals surface area (Å²) in [4.78, 5) is 24.7. The predicted octanol–water partition coefficient (Wildman–Crippen LogP) is -1.73. The summed E-state index contributed by atoms with van der Waals surface area (Å²) in [6, 6.07) is 1.34. The van der Waals surface area contributed by atoms with E-state index in [4.69, 9.17) is 15.9 Å². The number of aliphatic carboxylic acids is 1. The molecule has 0 bridgehead atoms. The Morgan fingerprint density at radius 1 is 1.71 bits per heavy atom. The average molecular weight is 199 g/mol. The molecule has 0 aromatic carbocycles. The van der Waals surface area contributed by atoms with Crippen molar-refractivity contribution in [2.45, 2.75) is 12.6 Å². The van der Waals surface area contributed by atoms with E-state index in [2.05, 4.69) is 4.98 Å². The minimum atomic E-state index is -1.63. The molecule has 14 heavy (non-hydrogen) atoms. The Balaban J connectivity index is 2.88. The summed E-state index contributed by atoms with van der Waals surface area (Å²) >= 11 is 0. The molecule has 0 aliphatic heterocycles. The van der Waals surface area contributed by atoms with Crippen molar-refractivity contribution in [3.05, 3.63) is 22.7 Å². The summed E-state index contributed by atoms with van der Waals surface area (Å²) in [7, 11) is 0. The zero-order valence-corrected chi connectivity index (χ0v) is 7.12. The standard InChI is InChI=1S/C7H9N3O4/c8-5-1-2-10(7(14)9-5)3-4(11)6(12)13/h1-2,4,11H,3H2,(H,12,13)(H2,8,9,14). The van der Waals surface area contributed by atoms with Crippen LogP contribution in [0.2, 0.25) is 0 Å². The number of aliphatic hydroxyl groups excluding tert-OH is 1. The van der Waals surface area contributed by atoms with Gasteiger partial charge in [-0.15, -0.1) is 0 Å². The van der Waals surface area contributed by atoms with Gasteiger partial charge in [0.2, 0.25) is 0 Å². The lowest BCUT2D eigenvalue weighted by Crippen LogP contribution is -2.32. The third kappa shape index (κ3) is 2.30. The van der Waals surface area contributed by atoms with Gasteiger partial charge in [0.1, 0.15) is 5.82 Å². The number of hydrogen-bond acceptors (Lipinski definition) is 5. The molecule has 1 atom stereocenters. The van der Waals surface area contributed by atoms with E-state index in [1.54, 1.807) is 0 Å². The first-order chi connectivity index (χ1) is 6.50. The average Bonchev–Trinajstić information content (AvgIpc) is 2.09. The third-order valence-electron chi connectivity index (χ3n) is 1.55. The lowest BCUT2D eigenvalue weighted by atomic mass is 10.3. The summed E-state index contributed by atoms with van der Waals surface area (Å²) in [5.41, 5.74) is 4.53. The number of carboxylic acid groups (broad SMARTS) is 1. The maximum absolute atomic E-state index is 11.1. The molecule has 0 fully saturated rings. The van der Waals surface area contributed by atoms with Crippen molar-refractivity contribution in [3.8, 4) is 0 Å². The molecular formula is C7H9N3O4. The lowest BCUT2D eigenvalue weighted by molar-refractivity contribution is -0.147. The Morgan fingerprint density at radius 2 is 2.36 bits per heavy atom. The minimum absolute atomic E-state index is 0.0519. The van der Waals surface area contributed by atoms with E-state index in [-0.39, 0.29) is 12.4 Å². The molecule has 1 rings (SSSR count). The molecular weight excluding hydrogens is 190 g/mol. The Labute approximate surface area is 78.4 Å². The third-order valence-corrected chi connectivity index (χ3v) is 1.55. The Morgan fingerprint density at radius 3 is 2.86 bits per heavy atom. The highest BCUT2D eigenvalue weighted by atomic mass is 16.4. The number of rotatable bonds is 3. The topological polar surface area (TPSA) is 118 Å². The van der Waals surface area contributed by atoms with Crippen molar-refractivity contribution in [3.63, 3.8) is 0 Å². The van der Waals surface area contributed by atoms with Crippen LogP contribution in [0.15, 0.2) is 17.1 Å². The number of carbonyl (C=O) groups is 1. The molecule has 0 aliphatic carbocycles. The van der Waals surface area contributed by atoms with Crippen molar-refractivity contribution in [1.29, 1.82) is 0 Å². The molecule has 1 aromatic rings. The van der Waals surface area contributed by atoms with Crippen molar-refractivity contribution in [2.24, 2.45) is 0 Å². The number of hydrogen-bond donors (Lipinski definition) is 3. The fraction of sp³-hybridized carbons (Fsp3) is 0.286. The van der Waals surface area contributed by atoms with E-state index in [1.807, 2.05) is 0 Å². The fourth-order valence-corrected chi connectivity index (χ4v) is 0.845. The first-order valence-electron chi connectivity index (χ1n) is 3.74. The molecule has 7 heteroatoms. The number of aliphatic hydroxyl groups is 1. The van der Waals surface area contributed by atoms with E-state index in [0.29, 0.717) is 0 Å². The van der Waals surface area contributed by atoms with Crippen LogP contribution in [0.25, 0.3) is 0 Å². The quantitative estimate of drug-likeness (QED) is 0.532. The number of nitrogen functional groups attached to an aromatic ring is 1. The number of carboxylic acids is 1. The summed E-state index contributed by atoms with van der Waals surface area (Å²) in [6.45, 7) is -0.346. The lowest BCUT2D eigenvalue weighted by Gasteiger charge is -2.07. The molecule has 76 valence electrons. The van der Waals surface area contributed by atoms with Gasteiger partial charge in [-0.1, -0.05) is 0 Å². The largest absolute Gasteiger partial charge is 0.479 e. The van der Waals surface area contributed by atoms with Crippen LogP contribution in [-0.2, 0) is 11.3 Å². The second-order valence-corrected chi connectivity index (χ2v) is 2.64. The number of nitrogens with two attached hydrogens (primary N) is 1. The first-order valence-corrected chi connectivity index (χ1v) is 3.74. The highest BCUT2D eigenvalue weighted by Crippen LogP contribution is 1.92. The molecule has 1 heterocycles. The van der Waals surface area contributed by atoms with Crippen molar-refractivity contribution < 1.29 is 15.0 Å². The van der Waals surface area contributed by atoms with E-state index in [0.717, 1.165) is 4.57 Å². The van der Waals surface area contributed by atoms with Gasteiger partial charge in [-0.2, -0.15) is 4.98 Å². The van der Waals surface area contributed by atoms with E-state index in [9.17, 15) is 9.59 Å². The second-order valence-electron chi connectivity index (χ2n) is 2.64. The van der Waals surface area contributed by atoms with Gasteiger partial charge >= 0.3 is 11.7 Å².